The van der Waals surface area contributed by atoms with Gasteiger partial charge < -0.3 is 9.84 Å². The summed E-state index contributed by atoms with van der Waals surface area (Å²) in [6.07, 6.45) is 1.41. The van der Waals surface area contributed by atoms with Crippen molar-refractivity contribution in [1.29, 1.82) is 0 Å². The lowest BCUT2D eigenvalue weighted by molar-refractivity contribution is 0.0988. The molecular weight excluding hydrogens is 216 g/mol. The first-order valence-corrected chi connectivity index (χ1v) is 4.61. The normalized spacial score (nSPS) is 9.93. The quantitative estimate of drug-likeness (QED) is 0.850. The molecule has 1 aromatic carbocycles. The molecule has 0 saturated heterocycles. The first-order chi connectivity index (χ1) is 7.25. The molecule has 0 aliphatic rings. The van der Waals surface area contributed by atoms with Crippen LogP contribution in [0.1, 0.15) is 10.6 Å². The highest BCUT2D eigenvalue weighted by Gasteiger charge is 2.09. The summed E-state index contributed by atoms with van der Waals surface area (Å²) in [5.74, 6) is -0.190. The van der Waals surface area contributed by atoms with Crippen molar-refractivity contribution in [1.82, 2.24) is 5.16 Å². The maximum absolute atomic E-state index is 11.5. The molecule has 0 aliphatic carbocycles. The molecule has 76 valence electrons. The summed E-state index contributed by atoms with van der Waals surface area (Å²) in [7, 11) is 0. The van der Waals surface area contributed by atoms with Crippen LogP contribution in [0.5, 0.6) is 0 Å². The van der Waals surface area contributed by atoms with Crippen LogP contribution < -0.4 is 5.32 Å². The number of carbonyl (C=O) groups excluding carboxylic acids is 1. The molecule has 5 heteroatoms. The molecular formula is C10H7ClN2O2. The van der Waals surface area contributed by atoms with E-state index in [1.54, 1.807) is 24.3 Å². The fourth-order valence-corrected chi connectivity index (χ4v) is 1.28. The second kappa shape index (κ2) is 4.14. The fraction of sp³-hybridized carbons (Fsp3) is 0. The Bertz CT molecular complexity index is 468. The topological polar surface area (TPSA) is 55.1 Å². The van der Waals surface area contributed by atoms with Crippen molar-refractivity contribution in [2.45, 2.75) is 0 Å². The number of nitrogens with zero attached hydrogens (tertiary/aromatic N) is 1. The van der Waals surface area contributed by atoms with Gasteiger partial charge in [-0.1, -0.05) is 22.8 Å². The van der Waals surface area contributed by atoms with Crippen LogP contribution in [0.4, 0.5) is 5.69 Å². The number of anilines is 1. The van der Waals surface area contributed by atoms with Crippen molar-refractivity contribution in [2.24, 2.45) is 0 Å². The number of nitrogens with one attached hydrogen (secondary N) is 1. The molecule has 2 rings (SSSR count). The van der Waals surface area contributed by atoms with Gasteiger partial charge in [0, 0.05) is 16.8 Å². The minimum atomic E-state index is -0.352. The molecule has 1 N–H and O–H groups in total. The second-order valence-corrected chi connectivity index (χ2v) is 3.28. The highest BCUT2D eigenvalue weighted by atomic mass is 35.5. The van der Waals surface area contributed by atoms with Crippen LogP contribution in [0, 0.1) is 0 Å². The third-order valence-corrected chi connectivity index (χ3v) is 1.98. The van der Waals surface area contributed by atoms with Gasteiger partial charge in [-0.05, 0) is 18.2 Å². The van der Waals surface area contributed by atoms with E-state index >= 15 is 0 Å². The van der Waals surface area contributed by atoms with Gasteiger partial charge in [0.05, 0.1) is 6.20 Å². The highest BCUT2D eigenvalue weighted by molar-refractivity contribution is 6.30. The summed E-state index contributed by atoms with van der Waals surface area (Å²) in [6, 6.07) is 8.35. The smallest absolute Gasteiger partial charge is 0.294 e. The average Bonchev–Trinajstić information content (AvgIpc) is 2.70. The van der Waals surface area contributed by atoms with E-state index in [-0.39, 0.29) is 11.7 Å². The zero-order valence-corrected chi connectivity index (χ0v) is 8.36. The van der Waals surface area contributed by atoms with E-state index in [1.165, 1.54) is 12.3 Å². The molecule has 0 aliphatic heterocycles. The molecule has 0 bridgehead atoms. The van der Waals surface area contributed by atoms with Crippen LogP contribution in [0.3, 0.4) is 0 Å². The Morgan fingerprint density at radius 3 is 2.93 bits per heavy atom. The van der Waals surface area contributed by atoms with Gasteiger partial charge in [-0.3, -0.25) is 4.79 Å². The molecule has 2 aromatic rings. The molecule has 0 fully saturated rings. The number of rotatable bonds is 2. The third-order valence-electron chi connectivity index (χ3n) is 1.74. The number of aromatic nitrogens is 1. The van der Waals surface area contributed by atoms with Crippen LogP contribution in [-0.2, 0) is 0 Å². The van der Waals surface area contributed by atoms with E-state index in [2.05, 4.69) is 10.5 Å². The van der Waals surface area contributed by atoms with E-state index in [4.69, 9.17) is 16.1 Å². The second-order valence-electron chi connectivity index (χ2n) is 2.84. The summed E-state index contributed by atoms with van der Waals surface area (Å²) in [6.45, 7) is 0. The van der Waals surface area contributed by atoms with Gasteiger partial charge in [0.2, 0.25) is 5.76 Å². The van der Waals surface area contributed by atoms with Gasteiger partial charge in [0.25, 0.3) is 5.91 Å². The molecule has 15 heavy (non-hydrogen) atoms. The zero-order valence-electron chi connectivity index (χ0n) is 7.61. The Kier molecular flexibility index (Phi) is 2.69. The van der Waals surface area contributed by atoms with Crippen LogP contribution in [0.15, 0.2) is 41.1 Å². The molecule has 1 heterocycles. The van der Waals surface area contributed by atoms with Gasteiger partial charge in [-0.15, -0.1) is 0 Å². The lowest BCUT2D eigenvalue weighted by atomic mass is 10.3. The highest BCUT2D eigenvalue weighted by Crippen LogP contribution is 2.15. The standard InChI is InChI=1S/C10H7ClN2O2/c11-7-2-1-3-8(6-7)13-10(14)9-4-5-12-15-9/h1-6H,(H,13,14). The van der Waals surface area contributed by atoms with E-state index in [0.717, 1.165) is 0 Å². The molecule has 0 radical (unpaired) electrons. The Balaban J connectivity index is 2.13. The minimum absolute atomic E-state index is 0.162. The third kappa shape index (κ3) is 2.35. The maximum Gasteiger partial charge on any atom is 0.294 e. The number of hydrogen-bond acceptors (Lipinski definition) is 3. The van der Waals surface area contributed by atoms with E-state index in [0.29, 0.717) is 10.7 Å². The molecule has 1 amide bonds. The first kappa shape index (κ1) is 9.73. The number of halogens is 1. The van der Waals surface area contributed by atoms with E-state index < -0.39 is 0 Å². The zero-order chi connectivity index (χ0) is 10.7. The van der Waals surface area contributed by atoms with Crippen molar-refractivity contribution in [3.8, 4) is 0 Å². The van der Waals surface area contributed by atoms with Gasteiger partial charge in [-0.2, -0.15) is 0 Å². The molecule has 0 unspecified atom stereocenters. The summed E-state index contributed by atoms with van der Waals surface area (Å²) >= 11 is 5.77. The molecule has 4 nitrogen and oxygen atoms in total. The number of amides is 1. The van der Waals surface area contributed by atoms with E-state index in [9.17, 15) is 4.79 Å². The van der Waals surface area contributed by atoms with Crippen LogP contribution in [-0.4, -0.2) is 11.1 Å². The Hall–Kier alpha value is -1.81. The van der Waals surface area contributed by atoms with Gasteiger partial charge in [0.15, 0.2) is 0 Å². The lowest BCUT2D eigenvalue weighted by Crippen LogP contribution is -2.10. The summed E-state index contributed by atoms with van der Waals surface area (Å²) < 4.78 is 4.70. The maximum atomic E-state index is 11.5. The fourth-order valence-electron chi connectivity index (χ4n) is 1.09. The van der Waals surface area contributed by atoms with Crippen LogP contribution >= 0.6 is 11.6 Å². The number of hydrogen-bond donors (Lipinski definition) is 1. The molecule has 1 aromatic heterocycles. The Labute approximate surface area is 90.8 Å². The van der Waals surface area contributed by atoms with Crippen molar-refractivity contribution in [3.63, 3.8) is 0 Å². The van der Waals surface area contributed by atoms with E-state index in [1.807, 2.05) is 0 Å². The minimum Gasteiger partial charge on any atom is -0.351 e. The number of carbonyl (C=O) groups is 1. The monoisotopic (exact) mass is 222 g/mol. The van der Waals surface area contributed by atoms with Gasteiger partial charge in [-0.25, -0.2) is 0 Å². The summed E-state index contributed by atoms with van der Waals surface area (Å²) in [4.78, 5) is 11.5. The predicted molar refractivity (Wildman–Crippen MR) is 55.9 cm³/mol. The van der Waals surface area contributed by atoms with Gasteiger partial charge >= 0.3 is 0 Å². The average molecular weight is 223 g/mol. The molecule has 0 spiro atoms. The lowest BCUT2D eigenvalue weighted by Gasteiger charge is -2.02. The van der Waals surface area contributed by atoms with Crippen molar-refractivity contribution in [3.05, 3.63) is 47.3 Å². The molecule has 0 saturated carbocycles. The summed E-state index contributed by atoms with van der Waals surface area (Å²) in [5.41, 5.74) is 0.615. The SMILES string of the molecule is O=C(Nc1cccc(Cl)c1)c1ccno1. The predicted octanol–water partition coefficient (Wildman–Crippen LogP) is 2.58. The molecule has 0 atom stereocenters. The van der Waals surface area contributed by atoms with Crippen LogP contribution in [0.25, 0.3) is 0 Å². The van der Waals surface area contributed by atoms with Crippen molar-refractivity contribution in [2.75, 3.05) is 5.32 Å². The van der Waals surface area contributed by atoms with Crippen molar-refractivity contribution < 1.29 is 9.32 Å². The van der Waals surface area contributed by atoms with Gasteiger partial charge in [0.1, 0.15) is 0 Å². The Morgan fingerprint density at radius 1 is 1.40 bits per heavy atom. The number of benzene rings is 1. The Morgan fingerprint density at radius 2 is 2.27 bits per heavy atom. The van der Waals surface area contributed by atoms with Crippen LogP contribution in [0.2, 0.25) is 5.02 Å². The van der Waals surface area contributed by atoms with Crippen molar-refractivity contribution >= 4 is 23.2 Å². The first-order valence-electron chi connectivity index (χ1n) is 4.23. The largest absolute Gasteiger partial charge is 0.351 e. The summed E-state index contributed by atoms with van der Waals surface area (Å²) in [5, 5.41) is 6.63.